The number of Topliss-reactive ketones (excluding diaryl/α,β-unsaturated/α-hetero) is 1. The van der Waals surface area contributed by atoms with Crippen LogP contribution in [0.25, 0.3) is 5.69 Å². The molecule has 0 bridgehead atoms. The van der Waals surface area contributed by atoms with E-state index in [9.17, 15) is 13.2 Å². The van der Waals surface area contributed by atoms with Gasteiger partial charge in [-0.2, -0.15) is 0 Å². The van der Waals surface area contributed by atoms with Gasteiger partial charge in [-0.1, -0.05) is 12.1 Å². The van der Waals surface area contributed by atoms with E-state index in [1.807, 2.05) is 0 Å². The Balaban J connectivity index is 2.43. The van der Waals surface area contributed by atoms with Gasteiger partial charge in [-0.25, -0.2) is 18.2 Å². The van der Waals surface area contributed by atoms with E-state index in [2.05, 4.69) is 10.3 Å². The van der Waals surface area contributed by atoms with Gasteiger partial charge in [0.2, 0.25) is 10.0 Å². The quantitative estimate of drug-likeness (QED) is 0.840. The number of aromatic nitrogens is 3. The Morgan fingerprint density at radius 3 is 2.40 bits per heavy atom. The highest BCUT2D eigenvalue weighted by Gasteiger charge is 2.16. The average molecular weight is 294 g/mol. The van der Waals surface area contributed by atoms with Gasteiger partial charge in [-0.3, -0.25) is 4.79 Å². The topological polar surface area (TPSA) is 108 Å². The first-order chi connectivity index (χ1) is 9.34. The molecular formula is C12H14N4O3S. The van der Waals surface area contributed by atoms with Crippen molar-refractivity contribution in [3.8, 4) is 5.69 Å². The summed E-state index contributed by atoms with van der Waals surface area (Å²) in [6.45, 7) is 3.48. The third-order valence-corrected chi connectivity index (χ3v) is 3.82. The Morgan fingerprint density at radius 1 is 1.30 bits per heavy atom. The number of rotatable bonds is 4. The Morgan fingerprint density at radius 2 is 1.90 bits per heavy atom. The van der Waals surface area contributed by atoms with Gasteiger partial charge in [0.25, 0.3) is 0 Å². The van der Waals surface area contributed by atoms with Gasteiger partial charge < -0.3 is 0 Å². The molecule has 0 amide bonds. The van der Waals surface area contributed by atoms with Crippen LogP contribution in [0.4, 0.5) is 0 Å². The lowest BCUT2D eigenvalue weighted by Crippen LogP contribution is -2.12. The minimum absolute atomic E-state index is 0.0175. The van der Waals surface area contributed by atoms with E-state index in [4.69, 9.17) is 5.14 Å². The summed E-state index contributed by atoms with van der Waals surface area (Å²) in [5.74, 6) is -0.0880. The highest BCUT2D eigenvalue weighted by molar-refractivity contribution is 7.89. The predicted octanol–water partition coefficient (Wildman–Crippen LogP) is 0.816. The number of benzene rings is 1. The Kier molecular flexibility index (Phi) is 3.69. The van der Waals surface area contributed by atoms with Crippen LogP contribution < -0.4 is 5.14 Å². The SMILES string of the molecule is CCC(=O)c1nnn(-c2ccc(S(N)(=O)=O)cc2)c1C. The molecule has 0 saturated heterocycles. The molecule has 0 saturated carbocycles. The van der Waals surface area contributed by atoms with E-state index < -0.39 is 10.0 Å². The van der Waals surface area contributed by atoms with Crippen LogP contribution in [0, 0.1) is 6.92 Å². The third kappa shape index (κ3) is 2.61. The highest BCUT2D eigenvalue weighted by Crippen LogP contribution is 2.15. The Hall–Kier alpha value is -2.06. The summed E-state index contributed by atoms with van der Waals surface area (Å²) in [6.07, 6.45) is 0.351. The highest BCUT2D eigenvalue weighted by atomic mass is 32.2. The molecule has 0 fully saturated rings. The van der Waals surface area contributed by atoms with Crippen molar-refractivity contribution in [3.05, 3.63) is 35.7 Å². The molecule has 0 spiro atoms. The van der Waals surface area contributed by atoms with Crippen molar-refractivity contribution in [1.82, 2.24) is 15.0 Å². The molecule has 0 atom stereocenters. The predicted molar refractivity (Wildman–Crippen MR) is 72.1 cm³/mol. The lowest BCUT2D eigenvalue weighted by Gasteiger charge is -2.04. The number of hydrogen-bond acceptors (Lipinski definition) is 5. The molecule has 106 valence electrons. The van der Waals surface area contributed by atoms with Gasteiger partial charge in [0.15, 0.2) is 11.5 Å². The van der Waals surface area contributed by atoms with E-state index in [1.54, 1.807) is 26.0 Å². The van der Waals surface area contributed by atoms with Gasteiger partial charge in [0, 0.05) is 6.42 Å². The maximum absolute atomic E-state index is 11.7. The summed E-state index contributed by atoms with van der Waals surface area (Å²) < 4.78 is 23.8. The molecule has 2 rings (SSSR count). The zero-order chi connectivity index (χ0) is 14.9. The van der Waals surface area contributed by atoms with Crippen LogP contribution in [0.2, 0.25) is 0 Å². The van der Waals surface area contributed by atoms with Crippen molar-refractivity contribution in [3.63, 3.8) is 0 Å². The molecule has 0 radical (unpaired) electrons. The third-order valence-electron chi connectivity index (χ3n) is 2.89. The zero-order valence-electron chi connectivity index (χ0n) is 11.1. The number of ketones is 1. The van der Waals surface area contributed by atoms with Crippen molar-refractivity contribution in [2.45, 2.75) is 25.2 Å². The smallest absolute Gasteiger partial charge is 0.238 e. The van der Waals surface area contributed by atoms with Crippen LogP contribution in [-0.4, -0.2) is 29.2 Å². The monoisotopic (exact) mass is 294 g/mol. The molecule has 0 aliphatic carbocycles. The minimum Gasteiger partial charge on any atom is -0.292 e. The number of nitrogens with two attached hydrogens (primary N) is 1. The number of sulfonamides is 1. The zero-order valence-corrected chi connectivity index (χ0v) is 11.9. The molecule has 7 nitrogen and oxygen atoms in total. The molecule has 8 heteroatoms. The lowest BCUT2D eigenvalue weighted by atomic mass is 10.2. The normalized spacial score (nSPS) is 11.6. The van der Waals surface area contributed by atoms with Crippen molar-refractivity contribution < 1.29 is 13.2 Å². The molecule has 2 N–H and O–H groups in total. The second-order valence-electron chi connectivity index (χ2n) is 4.25. The van der Waals surface area contributed by atoms with Crippen LogP contribution in [0.1, 0.15) is 29.5 Å². The second-order valence-corrected chi connectivity index (χ2v) is 5.81. The number of carbonyl (C=O) groups is 1. The van der Waals surface area contributed by atoms with E-state index in [-0.39, 0.29) is 10.7 Å². The molecule has 1 aromatic heterocycles. The standard InChI is InChI=1S/C12H14N4O3S/c1-3-11(17)12-8(2)16(15-14-12)9-4-6-10(7-5-9)20(13,18)19/h4-7H,3H2,1-2H3,(H2,13,18,19). The summed E-state index contributed by atoms with van der Waals surface area (Å²) in [5.41, 5.74) is 1.54. The Labute approximate surface area is 116 Å². The van der Waals surface area contributed by atoms with Crippen molar-refractivity contribution in [1.29, 1.82) is 0 Å². The van der Waals surface area contributed by atoms with Crippen LogP contribution >= 0.6 is 0 Å². The van der Waals surface area contributed by atoms with Crippen molar-refractivity contribution >= 4 is 15.8 Å². The van der Waals surface area contributed by atoms with Gasteiger partial charge in [0.1, 0.15) is 0 Å². The number of hydrogen-bond donors (Lipinski definition) is 1. The summed E-state index contributed by atoms with van der Waals surface area (Å²) >= 11 is 0. The van der Waals surface area contributed by atoms with E-state index in [0.717, 1.165) is 0 Å². The van der Waals surface area contributed by atoms with E-state index >= 15 is 0 Å². The van der Waals surface area contributed by atoms with Crippen molar-refractivity contribution in [2.24, 2.45) is 5.14 Å². The van der Waals surface area contributed by atoms with Gasteiger partial charge in [-0.05, 0) is 31.2 Å². The lowest BCUT2D eigenvalue weighted by molar-refractivity contribution is 0.0982. The number of primary sulfonamides is 1. The van der Waals surface area contributed by atoms with Gasteiger partial charge in [-0.15, -0.1) is 5.10 Å². The summed E-state index contributed by atoms with van der Waals surface area (Å²) in [6, 6.07) is 5.88. The van der Waals surface area contributed by atoms with Crippen LogP contribution in [-0.2, 0) is 10.0 Å². The maximum atomic E-state index is 11.7. The molecule has 1 aromatic carbocycles. The maximum Gasteiger partial charge on any atom is 0.238 e. The molecule has 0 unspecified atom stereocenters. The fraction of sp³-hybridized carbons (Fsp3) is 0.250. The largest absolute Gasteiger partial charge is 0.292 e. The number of carbonyl (C=O) groups excluding carboxylic acids is 1. The average Bonchev–Trinajstić information content (AvgIpc) is 2.79. The van der Waals surface area contributed by atoms with Crippen LogP contribution in [0.5, 0.6) is 0 Å². The summed E-state index contributed by atoms with van der Waals surface area (Å²) in [7, 11) is -3.72. The van der Waals surface area contributed by atoms with Crippen LogP contribution in [0.15, 0.2) is 29.2 Å². The summed E-state index contributed by atoms with van der Waals surface area (Å²) in [4.78, 5) is 11.7. The van der Waals surface area contributed by atoms with E-state index in [0.29, 0.717) is 23.5 Å². The Bertz CT molecular complexity index is 748. The molecule has 20 heavy (non-hydrogen) atoms. The first-order valence-corrected chi connectivity index (χ1v) is 7.48. The molecule has 0 aliphatic rings. The number of nitrogens with zero attached hydrogens (tertiary/aromatic N) is 3. The molecule has 1 heterocycles. The van der Waals surface area contributed by atoms with Gasteiger partial charge >= 0.3 is 0 Å². The van der Waals surface area contributed by atoms with E-state index in [1.165, 1.54) is 16.8 Å². The van der Waals surface area contributed by atoms with Crippen LogP contribution in [0.3, 0.4) is 0 Å². The second kappa shape index (κ2) is 5.14. The first kappa shape index (κ1) is 14.4. The fourth-order valence-electron chi connectivity index (χ4n) is 1.78. The molecule has 2 aromatic rings. The minimum atomic E-state index is -3.72. The van der Waals surface area contributed by atoms with Crippen molar-refractivity contribution in [2.75, 3.05) is 0 Å². The summed E-state index contributed by atoms with van der Waals surface area (Å²) in [5, 5.41) is 12.8. The molecule has 0 aliphatic heterocycles. The fourth-order valence-corrected chi connectivity index (χ4v) is 2.29. The first-order valence-electron chi connectivity index (χ1n) is 5.93. The van der Waals surface area contributed by atoms with Gasteiger partial charge in [0.05, 0.1) is 16.3 Å². The molecular weight excluding hydrogens is 280 g/mol.